The number of carbonyl (C=O) groups is 1. The van der Waals surface area contributed by atoms with E-state index in [1.807, 2.05) is 12.1 Å². The molecule has 1 amide bonds. The van der Waals surface area contributed by atoms with Crippen molar-refractivity contribution in [1.29, 1.82) is 0 Å². The molecule has 2 aromatic rings. The maximum Gasteiger partial charge on any atom is 0.221 e. The highest BCUT2D eigenvalue weighted by molar-refractivity contribution is 5.76. The molecule has 0 fully saturated rings. The van der Waals surface area contributed by atoms with Gasteiger partial charge in [0.2, 0.25) is 5.91 Å². The molecule has 0 aliphatic heterocycles. The maximum atomic E-state index is 12.8. The topological polar surface area (TPSA) is 41.1 Å². The van der Waals surface area contributed by atoms with Crippen molar-refractivity contribution in [2.45, 2.75) is 26.4 Å². The minimum Gasteiger partial charge on any atom is -0.352 e. The van der Waals surface area contributed by atoms with Gasteiger partial charge in [0.15, 0.2) is 0 Å². The molecule has 3 nitrogen and oxygen atoms in total. The number of benzene rings is 2. The summed E-state index contributed by atoms with van der Waals surface area (Å²) < 4.78 is 12.8. The fraction of sp³-hybridized carbons (Fsp3) is 0.278. The number of carbonyl (C=O) groups excluding carboxylic acids is 1. The molecule has 0 saturated heterocycles. The Hall–Kier alpha value is -2.20. The van der Waals surface area contributed by atoms with Gasteiger partial charge in [-0.2, -0.15) is 0 Å². The Bertz CT molecular complexity index is 611. The van der Waals surface area contributed by atoms with Crippen LogP contribution in [0.1, 0.15) is 23.1 Å². The fourth-order valence-electron chi connectivity index (χ4n) is 2.12. The van der Waals surface area contributed by atoms with Gasteiger partial charge in [0.05, 0.1) is 0 Å². The van der Waals surface area contributed by atoms with Gasteiger partial charge in [-0.3, -0.25) is 4.79 Å². The second-order valence-corrected chi connectivity index (χ2v) is 5.26. The highest BCUT2D eigenvalue weighted by atomic mass is 19.1. The van der Waals surface area contributed by atoms with Gasteiger partial charge in [-0.05, 0) is 35.7 Å². The molecule has 0 aliphatic carbocycles. The van der Waals surface area contributed by atoms with E-state index in [2.05, 4.69) is 29.7 Å². The second kappa shape index (κ2) is 8.29. The molecular formula is C18H21FN2O. The normalized spacial score (nSPS) is 10.5. The first-order chi connectivity index (χ1) is 10.6. The molecule has 2 aromatic carbocycles. The first-order valence-corrected chi connectivity index (χ1v) is 7.41. The van der Waals surface area contributed by atoms with Crippen molar-refractivity contribution < 1.29 is 9.18 Å². The number of halogens is 1. The maximum absolute atomic E-state index is 12.8. The second-order valence-electron chi connectivity index (χ2n) is 5.26. The zero-order valence-electron chi connectivity index (χ0n) is 12.7. The highest BCUT2D eigenvalue weighted by Crippen LogP contribution is 2.06. The molecule has 4 heteroatoms. The van der Waals surface area contributed by atoms with Crippen molar-refractivity contribution in [2.75, 3.05) is 6.54 Å². The number of amides is 1. The fourth-order valence-corrected chi connectivity index (χ4v) is 2.12. The summed E-state index contributed by atoms with van der Waals surface area (Å²) in [7, 11) is 0. The monoisotopic (exact) mass is 300 g/mol. The van der Waals surface area contributed by atoms with Crippen LogP contribution in [0.25, 0.3) is 0 Å². The van der Waals surface area contributed by atoms with Crippen LogP contribution in [0.4, 0.5) is 4.39 Å². The minimum atomic E-state index is -0.268. The van der Waals surface area contributed by atoms with E-state index < -0.39 is 0 Å². The van der Waals surface area contributed by atoms with Crippen LogP contribution in [0.5, 0.6) is 0 Å². The Labute approximate surface area is 130 Å². The van der Waals surface area contributed by atoms with Gasteiger partial charge in [0.1, 0.15) is 5.82 Å². The zero-order chi connectivity index (χ0) is 15.8. The summed E-state index contributed by atoms with van der Waals surface area (Å²) in [5, 5.41) is 6.10. The van der Waals surface area contributed by atoms with E-state index >= 15 is 0 Å². The summed E-state index contributed by atoms with van der Waals surface area (Å²) in [6, 6.07) is 14.3. The van der Waals surface area contributed by atoms with Crippen LogP contribution in [0.15, 0.2) is 48.5 Å². The summed E-state index contributed by atoms with van der Waals surface area (Å²) in [4.78, 5) is 11.7. The molecule has 0 aliphatic rings. The average molecular weight is 300 g/mol. The van der Waals surface area contributed by atoms with Gasteiger partial charge in [-0.15, -0.1) is 0 Å². The lowest BCUT2D eigenvalue weighted by Crippen LogP contribution is -2.27. The van der Waals surface area contributed by atoms with Gasteiger partial charge < -0.3 is 10.6 Å². The SMILES string of the molecule is Cc1ccccc1CNCCC(=O)NCc1ccc(F)cc1. The lowest BCUT2D eigenvalue weighted by Gasteiger charge is -2.08. The van der Waals surface area contributed by atoms with Crippen LogP contribution < -0.4 is 10.6 Å². The molecule has 0 bridgehead atoms. The zero-order valence-corrected chi connectivity index (χ0v) is 12.7. The Morgan fingerprint density at radius 1 is 1.05 bits per heavy atom. The third kappa shape index (κ3) is 5.30. The molecule has 22 heavy (non-hydrogen) atoms. The summed E-state index contributed by atoms with van der Waals surface area (Å²) >= 11 is 0. The minimum absolute atomic E-state index is 0.0124. The van der Waals surface area contributed by atoms with E-state index in [-0.39, 0.29) is 11.7 Å². The molecule has 0 spiro atoms. The molecule has 116 valence electrons. The molecule has 2 N–H and O–H groups in total. The summed E-state index contributed by atoms with van der Waals surface area (Å²) in [5.74, 6) is -0.280. The Morgan fingerprint density at radius 3 is 2.50 bits per heavy atom. The van der Waals surface area contributed by atoms with Crippen LogP contribution in [0, 0.1) is 12.7 Å². The third-order valence-corrected chi connectivity index (χ3v) is 3.51. The highest BCUT2D eigenvalue weighted by Gasteiger charge is 2.02. The Morgan fingerprint density at radius 2 is 1.77 bits per heavy atom. The van der Waals surface area contributed by atoms with Crippen LogP contribution in [-0.2, 0) is 17.9 Å². The number of hydrogen-bond donors (Lipinski definition) is 2. The molecular weight excluding hydrogens is 279 g/mol. The van der Waals surface area contributed by atoms with E-state index in [1.54, 1.807) is 12.1 Å². The van der Waals surface area contributed by atoms with Crippen LogP contribution in [-0.4, -0.2) is 12.5 Å². The van der Waals surface area contributed by atoms with Gasteiger partial charge in [0.25, 0.3) is 0 Å². The molecule has 2 rings (SSSR count). The van der Waals surface area contributed by atoms with E-state index in [4.69, 9.17) is 0 Å². The quantitative estimate of drug-likeness (QED) is 0.772. The first-order valence-electron chi connectivity index (χ1n) is 7.41. The Balaban J connectivity index is 1.64. The van der Waals surface area contributed by atoms with Crippen molar-refractivity contribution in [1.82, 2.24) is 10.6 Å². The largest absolute Gasteiger partial charge is 0.352 e. The molecule has 0 unspecified atom stereocenters. The predicted octanol–water partition coefficient (Wildman–Crippen LogP) is 2.93. The van der Waals surface area contributed by atoms with Crippen molar-refractivity contribution >= 4 is 5.91 Å². The molecule has 0 heterocycles. The predicted molar refractivity (Wildman–Crippen MR) is 85.7 cm³/mol. The van der Waals surface area contributed by atoms with Gasteiger partial charge in [0, 0.05) is 26.1 Å². The molecule has 0 aromatic heterocycles. The number of nitrogens with one attached hydrogen (secondary N) is 2. The summed E-state index contributed by atoms with van der Waals surface area (Å²) in [6.07, 6.45) is 0.424. The Kier molecular flexibility index (Phi) is 6.10. The number of hydrogen-bond acceptors (Lipinski definition) is 2. The van der Waals surface area contributed by atoms with Crippen molar-refractivity contribution in [3.8, 4) is 0 Å². The standard InChI is InChI=1S/C18H21FN2O/c1-14-4-2-3-5-16(14)13-20-11-10-18(22)21-12-15-6-8-17(19)9-7-15/h2-9,20H,10-13H2,1H3,(H,21,22). The first kappa shape index (κ1) is 16.2. The van der Waals surface area contributed by atoms with Gasteiger partial charge >= 0.3 is 0 Å². The van der Waals surface area contributed by atoms with Crippen LogP contribution in [0.2, 0.25) is 0 Å². The third-order valence-electron chi connectivity index (χ3n) is 3.51. The van der Waals surface area contributed by atoms with E-state index in [0.29, 0.717) is 19.5 Å². The lowest BCUT2D eigenvalue weighted by molar-refractivity contribution is -0.121. The van der Waals surface area contributed by atoms with E-state index in [1.165, 1.54) is 23.3 Å². The molecule has 0 saturated carbocycles. The molecule has 0 atom stereocenters. The van der Waals surface area contributed by atoms with E-state index in [9.17, 15) is 9.18 Å². The van der Waals surface area contributed by atoms with Crippen molar-refractivity contribution in [3.63, 3.8) is 0 Å². The van der Waals surface area contributed by atoms with Crippen molar-refractivity contribution in [2.24, 2.45) is 0 Å². The van der Waals surface area contributed by atoms with Gasteiger partial charge in [-0.1, -0.05) is 36.4 Å². The van der Waals surface area contributed by atoms with Crippen molar-refractivity contribution in [3.05, 3.63) is 71.0 Å². The smallest absolute Gasteiger partial charge is 0.221 e. The number of aryl methyl sites for hydroxylation is 1. The summed E-state index contributed by atoms with van der Waals surface area (Å²) in [6.45, 7) is 3.89. The number of rotatable bonds is 7. The van der Waals surface area contributed by atoms with Gasteiger partial charge in [-0.25, -0.2) is 4.39 Å². The van der Waals surface area contributed by atoms with E-state index in [0.717, 1.165) is 12.1 Å². The average Bonchev–Trinajstić information content (AvgIpc) is 2.52. The molecule has 0 radical (unpaired) electrons. The summed E-state index contributed by atoms with van der Waals surface area (Å²) in [5.41, 5.74) is 3.38. The lowest BCUT2D eigenvalue weighted by atomic mass is 10.1. The van der Waals surface area contributed by atoms with Crippen LogP contribution >= 0.6 is 0 Å². The van der Waals surface area contributed by atoms with Crippen LogP contribution in [0.3, 0.4) is 0 Å².